The van der Waals surface area contributed by atoms with Gasteiger partial charge in [0, 0.05) is 12.2 Å². The van der Waals surface area contributed by atoms with Gasteiger partial charge in [-0.05, 0) is 46.8 Å². The lowest BCUT2D eigenvalue weighted by Crippen LogP contribution is -2.25. The van der Waals surface area contributed by atoms with Crippen LogP contribution in [0.15, 0.2) is 22.7 Å². The second-order valence-electron chi connectivity index (χ2n) is 3.86. The fraction of sp³-hybridized carbons (Fsp3) is 0.364. The highest BCUT2D eigenvalue weighted by atomic mass is 79.9. The van der Waals surface area contributed by atoms with Gasteiger partial charge in [0.2, 0.25) is 0 Å². The first-order chi connectivity index (χ1) is 7.18. The van der Waals surface area contributed by atoms with E-state index in [1.165, 1.54) is 12.8 Å². The molecule has 2 rings (SSSR count). The maximum atomic E-state index is 11.8. The molecule has 0 aromatic heterocycles. The van der Waals surface area contributed by atoms with Crippen LogP contribution >= 0.6 is 15.9 Å². The average Bonchev–Trinajstić information content (AvgIpc) is 3.02. The van der Waals surface area contributed by atoms with E-state index in [-0.39, 0.29) is 5.91 Å². The van der Waals surface area contributed by atoms with Crippen LogP contribution in [0, 0.1) is 5.92 Å². The second-order valence-corrected chi connectivity index (χ2v) is 4.66. The van der Waals surface area contributed by atoms with Crippen molar-refractivity contribution >= 4 is 27.5 Å². The quantitative estimate of drug-likeness (QED) is 0.826. The number of nitrogen functional groups attached to an aromatic ring is 1. The highest BCUT2D eigenvalue weighted by molar-refractivity contribution is 9.10. The number of hydrogen-bond donors (Lipinski definition) is 2. The molecule has 15 heavy (non-hydrogen) atoms. The predicted molar refractivity (Wildman–Crippen MR) is 63.6 cm³/mol. The van der Waals surface area contributed by atoms with Gasteiger partial charge in [0.1, 0.15) is 0 Å². The van der Waals surface area contributed by atoms with Crippen molar-refractivity contribution < 1.29 is 4.79 Å². The number of benzene rings is 1. The zero-order valence-electron chi connectivity index (χ0n) is 8.29. The molecule has 0 heterocycles. The normalized spacial score (nSPS) is 15.0. The molecule has 4 heteroatoms. The lowest BCUT2D eigenvalue weighted by molar-refractivity contribution is 0.0951. The number of anilines is 1. The topological polar surface area (TPSA) is 55.1 Å². The highest BCUT2D eigenvalue weighted by Gasteiger charge is 2.22. The molecule has 1 aromatic rings. The maximum absolute atomic E-state index is 11.8. The van der Waals surface area contributed by atoms with Crippen LogP contribution < -0.4 is 11.1 Å². The Hall–Kier alpha value is -1.03. The molecule has 0 saturated heterocycles. The Bertz CT molecular complexity index is 388. The summed E-state index contributed by atoms with van der Waals surface area (Å²) in [5, 5.41) is 2.90. The summed E-state index contributed by atoms with van der Waals surface area (Å²) in [7, 11) is 0. The summed E-state index contributed by atoms with van der Waals surface area (Å²) >= 11 is 3.32. The molecular formula is C11H13BrN2O. The molecule has 1 aromatic carbocycles. The van der Waals surface area contributed by atoms with Gasteiger partial charge >= 0.3 is 0 Å². The summed E-state index contributed by atoms with van der Waals surface area (Å²) < 4.78 is 0.679. The Morgan fingerprint density at radius 1 is 1.53 bits per heavy atom. The second kappa shape index (κ2) is 4.23. The van der Waals surface area contributed by atoms with Crippen LogP contribution in [0.4, 0.5) is 5.69 Å². The third-order valence-corrected chi connectivity index (χ3v) is 3.41. The number of amides is 1. The monoisotopic (exact) mass is 268 g/mol. The van der Waals surface area contributed by atoms with Gasteiger partial charge in [-0.1, -0.05) is 6.07 Å². The number of carbonyl (C=O) groups is 1. The number of carbonyl (C=O) groups excluding carboxylic acids is 1. The van der Waals surface area contributed by atoms with Gasteiger partial charge in [-0.2, -0.15) is 0 Å². The first-order valence-corrected chi connectivity index (χ1v) is 5.80. The minimum absolute atomic E-state index is 0.0546. The molecule has 0 atom stereocenters. The maximum Gasteiger partial charge on any atom is 0.252 e. The van der Waals surface area contributed by atoms with Crippen molar-refractivity contribution in [2.75, 3.05) is 12.3 Å². The van der Waals surface area contributed by atoms with E-state index in [4.69, 9.17) is 5.73 Å². The smallest absolute Gasteiger partial charge is 0.252 e. The third-order valence-electron chi connectivity index (χ3n) is 2.52. The standard InChI is InChI=1S/C11H13BrN2O/c12-10-8(2-1-3-9(10)13)11(15)14-6-7-4-5-7/h1-3,7H,4-6,13H2,(H,14,15). The molecule has 0 unspecified atom stereocenters. The molecule has 1 aliphatic rings. The van der Waals surface area contributed by atoms with Gasteiger partial charge < -0.3 is 11.1 Å². The summed E-state index contributed by atoms with van der Waals surface area (Å²) in [4.78, 5) is 11.8. The van der Waals surface area contributed by atoms with Crippen molar-refractivity contribution in [2.24, 2.45) is 5.92 Å². The van der Waals surface area contributed by atoms with Crippen molar-refractivity contribution in [1.82, 2.24) is 5.32 Å². The predicted octanol–water partition coefficient (Wildman–Crippen LogP) is 2.17. The Morgan fingerprint density at radius 2 is 2.27 bits per heavy atom. The average molecular weight is 269 g/mol. The van der Waals surface area contributed by atoms with Crippen LogP contribution in [-0.2, 0) is 0 Å². The van der Waals surface area contributed by atoms with Gasteiger partial charge in [0.25, 0.3) is 5.91 Å². The van der Waals surface area contributed by atoms with Crippen LogP contribution in [-0.4, -0.2) is 12.5 Å². The largest absolute Gasteiger partial charge is 0.398 e. The summed E-state index contributed by atoms with van der Waals surface area (Å²) in [6, 6.07) is 5.32. The van der Waals surface area contributed by atoms with E-state index in [2.05, 4.69) is 21.2 Å². The van der Waals surface area contributed by atoms with E-state index >= 15 is 0 Å². The van der Waals surface area contributed by atoms with Crippen molar-refractivity contribution in [3.05, 3.63) is 28.2 Å². The van der Waals surface area contributed by atoms with Gasteiger partial charge in [-0.3, -0.25) is 4.79 Å². The van der Waals surface area contributed by atoms with Crippen LogP contribution in [0.5, 0.6) is 0 Å². The Kier molecular flexibility index (Phi) is 2.95. The molecule has 0 aliphatic heterocycles. The molecule has 3 nitrogen and oxygen atoms in total. The molecule has 3 N–H and O–H groups in total. The lowest BCUT2D eigenvalue weighted by Gasteiger charge is -2.07. The Labute approximate surface area is 97.2 Å². The number of halogens is 1. The van der Waals surface area contributed by atoms with Crippen molar-refractivity contribution in [3.8, 4) is 0 Å². The Balaban J connectivity index is 2.06. The van der Waals surface area contributed by atoms with Crippen molar-refractivity contribution in [2.45, 2.75) is 12.8 Å². The van der Waals surface area contributed by atoms with Gasteiger partial charge in [0.05, 0.1) is 10.0 Å². The zero-order valence-corrected chi connectivity index (χ0v) is 9.88. The van der Waals surface area contributed by atoms with E-state index in [1.807, 2.05) is 0 Å². The van der Waals surface area contributed by atoms with E-state index in [0.717, 1.165) is 6.54 Å². The Morgan fingerprint density at radius 3 is 2.93 bits per heavy atom. The van der Waals surface area contributed by atoms with Crippen molar-refractivity contribution in [3.63, 3.8) is 0 Å². The molecule has 1 fully saturated rings. The highest BCUT2D eigenvalue weighted by Crippen LogP contribution is 2.28. The van der Waals surface area contributed by atoms with Gasteiger partial charge in [-0.15, -0.1) is 0 Å². The first-order valence-electron chi connectivity index (χ1n) is 5.00. The number of hydrogen-bond acceptors (Lipinski definition) is 2. The van der Waals surface area contributed by atoms with Gasteiger partial charge in [-0.25, -0.2) is 0 Å². The SMILES string of the molecule is Nc1cccc(C(=O)NCC2CC2)c1Br. The molecule has 1 amide bonds. The van der Waals surface area contributed by atoms with Crippen LogP contribution in [0.2, 0.25) is 0 Å². The fourth-order valence-corrected chi connectivity index (χ4v) is 1.82. The summed E-state index contributed by atoms with van der Waals surface area (Å²) in [6.45, 7) is 0.778. The molecule has 1 saturated carbocycles. The number of rotatable bonds is 3. The first kappa shape index (κ1) is 10.5. The molecule has 0 radical (unpaired) electrons. The zero-order chi connectivity index (χ0) is 10.8. The fourth-order valence-electron chi connectivity index (χ4n) is 1.38. The molecule has 1 aliphatic carbocycles. The minimum Gasteiger partial charge on any atom is -0.398 e. The molecule has 0 bridgehead atoms. The van der Waals surface area contributed by atoms with Crippen LogP contribution in [0.25, 0.3) is 0 Å². The summed E-state index contributed by atoms with van der Waals surface area (Å²) in [6.07, 6.45) is 2.47. The third kappa shape index (κ3) is 2.50. The molecule has 0 spiro atoms. The number of nitrogens with two attached hydrogens (primary N) is 1. The molecular weight excluding hydrogens is 256 g/mol. The number of nitrogens with one attached hydrogen (secondary N) is 1. The summed E-state index contributed by atoms with van der Waals surface area (Å²) in [5.74, 6) is 0.634. The van der Waals surface area contributed by atoms with E-state index in [1.54, 1.807) is 18.2 Å². The van der Waals surface area contributed by atoms with Crippen LogP contribution in [0.1, 0.15) is 23.2 Å². The van der Waals surface area contributed by atoms with Crippen molar-refractivity contribution in [1.29, 1.82) is 0 Å². The van der Waals surface area contributed by atoms with E-state index in [0.29, 0.717) is 21.6 Å². The van der Waals surface area contributed by atoms with Crippen LogP contribution in [0.3, 0.4) is 0 Å². The summed E-state index contributed by atoms with van der Waals surface area (Å²) in [5.41, 5.74) is 6.90. The lowest BCUT2D eigenvalue weighted by atomic mass is 10.2. The van der Waals surface area contributed by atoms with E-state index in [9.17, 15) is 4.79 Å². The van der Waals surface area contributed by atoms with Gasteiger partial charge in [0.15, 0.2) is 0 Å². The minimum atomic E-state index is -0.0546. The van der Waals surface area contributed by atoms with E-state index < -0.39 is 0 Å². The molecule has 80 valence electrons.